The molecule has 0 aliphatic carbocycles. The second-order valence-electron chi connectivity index (χ2n) is 5.33. The van der Waals surface area contributed by atoms with Crippen LogP contribution in [0.25, 0.3) is 0 Å². The molecule has 0 aliphatic heterocycles. The van der Waals surface area contributed by atoms with Crippen molar-refractivity contribution in [2.75, 3.05) is 23.4 Å². The zero-order valence-electron chi connectivity index (χ0n) is 13.8. The Bertz CT molecular complexity index is 876. The number of hydrogen-bond acceptors (Lipinski definition) is 5. The first-order chi connectivity index (χ1) is 11.8. The molecule has 2 rings (SSSR count). The molecular formula is C17H18N2O5S. The molecule has 2 aromatic carbocycles. The van der Waals surface area contributed by atoms with Gasteiger partial charge in [-0.2, -0.15) is 0 Å². The lowest BCUT2D eigenvalue weighted by Gasteiger charge is -2.08. The molecule has 0 fully saturated rings. The highest BCUT2D eigenvalue weighted by molar-refractivity contribution is 7.92. The zero-order valence-corrected chi connectivity index (χ0v) is 14.6. The Balaban J connectivity index is 1.99. The minimum absolute atomic E-state index is 0.321. The van der Waals surface area contributed by atoms with Crippen molar-refractivity contribution in [3.05, 3.63) is 54.1 Å². The van der Waals surface area contributed by atoms with Crippen LogP contribution in [0.2, 0.25) is 0 Å². The van der Waals surface area contributed by atoms with Gasteiger partial charge in [0.2, 0.25) is 15.9 Å². The first-order valence-electron chi connectivity index (χ1n) is 7.32. The van der Waals surface area contributed by atoms with E-state index in [9.17, 15) is 18.0 Å². The van der Waals surface area contributed by atoms with Crippen molar-refractivity contribution in [1.29, 1.82) is 0 Å². The molecule has 0 bridgehead atoms. The predicted molar refractivity (Wildman–Crippen MR) is 95.5 cm³/mol. The average Bonchev–Trinajstić information content (AvgIpc) is 2.53. The van der Waals surface area contributed by atoms with E-state index < -0.39 is 15.9 Å². The summed E-state index contributed by atoms with van der Waals surface area (Å²) < 4.78 is 29.8. The van der Waals surface area contributed by atoms with Gasteiger partial charge in [0.25, 0.3) is 0 Å². The molecular weight excluding hydrogens is 344 g/mol. The van der Waals surface area contributed by atoms with E-state index >= 15 is 0 Å². The third kappa shape index (κ3) is 5.92. The molecule has 7 nitrogen and oxygen atoms in total. The van der Waals surface area contributed by atoms with Crippen LogP contribution >= 0.6 is 0 Å². The summed E-state index contributed by atoms with van der Waals surface area (Å²) in [7, 11) is -1.89. The summed E-state index contributed by atoms with van der Waals surface area (Å²) >= 11 is 0. The van der Waals surface area contributed by atoms with Gasteiger partial charge in [-0.15, -0.1) is 0 Å². The molecule has 0 aromatic heterocycles. The number of rotatable bonds is 7. The van der Waals surface area contributed by atoms with Crippen LogP contribution in [0.4, 0.5) is 11.4 Å². The quantitative estimate of drug-likeness (QED) is 0.581. The lowest BCUT2D eigenvalue weighted by Crippen LogP contribution is -2.17. The Morgan fingerprint density at radius 1 is 1.04 bits per heavy atom. The van der Waals surface area contributed by atoms with E-state index in [2.05, 4.69) is 10.0 Å². The Morgan fingerprint density at radius 2 is 1.68 bits per heavy atom. The number of nitrogens with one attached hydrogen (secondary N) is 2. The van der Waals surface area contributed by atoms with Gasteiger partial charge in [0.1, 0.15) is 5.75 Å². The predicted octanol–water partition coefficient (Wildman–Crippen LogP) is 2.28. The maximum Gasteiger partial charge on any atom is 0.232 e. The summed E-state index contributed by atoms with van der Waals surface area (Å²) in [6, 6.07) is 12.7. The van der Waals surface area contributed by atoms with Crippen LogP contribution in [0.5, 0.6) is 5.75 Å². The average molecular weight is 362 g/mol. The standard InChI is InChI=1S/C17H18N2O5S/c1-24-15-8-6-12(7-9-15)16(20)11-17(21)18-13-4-3-5-14(10-13)19-25(2,22)23/h3-10,19H,11H2,1-2H3,(H,18,21). The van der Waals surface area contributed by atoms with Crippen LogP contribution in [0.3, 0.4) is 0 Å². The number of ketones is 1. The molecule has 0 saturated carbocycles. The number of carbonyl (C=O) groups is 2. The van der Waals surface area contributed by atoms with Gasteiger partial charge in [-0.05, 0) is 42.5 Å². The number of Topliss-reactive ketones (excluding diaryl/α,β-unsaturated/α-hetero) is 1. The van der Waals surface area contributed by atoms with Gasteiger partial charge >= 0.3 is 0 Å². The third-order valence-corrected chi connectivity index (χ3v) is 3.79. The van der Waals surface area contributed by atoms with Crippen molar-refractivity contribution in [2.45, 2.75) is 6.42 Å². The van der Waals surface area contributed by atoms with Gasteiger partial charge in [-0.3, -0.25) is 14.3 Å². The molecule has 8 heteroatoms. The monoisotopic (exact) mass is 362 g/mol. The molecule has 132 valence electrons. The molecule has 0 radical (unpaired) electrons. The topological polar surface area (TPSA) is 102 Å². The van der Waals surface area contributed by atoms with Gasteiger partial charge in [-0.1, -0.05) is 6.07 Å². The van der Waals surface area contributed by atoms with E-state index in [1.54, 1.807) is 42.5 Å². The van der Waals surface area contributed by atoms with Crippen molar-refractivity contribution in [2.24, 2.45) is 0 Å². The number of amides is 1. The van der Waals surface area contributed by atoms with Crippen molar-refractivity contribution < 1.29 is 22.7 Å². The fourth-order valence-electron chi connectivity index (χ4n) is 2.10. The van der Waals surface area contributed by atoms with Crippen molar-refractivity contribution in [3.63, 3.8) is 0 Å². The summed E-state index contributed by atoms with van der Waals surface area (Å²) in [5, 5.41) is 2.57. The molecule has 0 spiro atoms. The number of methoxy groups -OCH3 is 1. The fraction of sp³-hybridized carbons (Fsp3) is 0.176. The van der Waals surface area contributed by atoms with Gasteiger partial charge in [0, 0.05) is 11.3 Å². The number of benzene rings is 2. The van der Waals surface area contributed by atoms with E-state index in [4.69, 9.17) is 4.74 Å². The summed E-state index contributed by atoms with van der Waals surface area (Å²) in [4.78, 5) is 24.1. The van der Waals surface area contributed by atoms with Crippen LogP contribution in [0.15, 0.2) is 48.5 Å². The third-order valence-electron chi connectivity index (χ3n) is 3.18. The van der Waals surface area contributed by atoms with Gasteiger partial charge in [-0.25, -0.2) is 8.42 Å². The number of sulfonamides is 1. The summed E-state index contributed by atoms with van der Waals surface area (Å²) in [5.41, 5.74) is 1.12. The molecule has 0 aliphatic rings. The van der Waals surface area contributed by atoms with Crippen molar-refractivity contribution in [3.8, 4) is 5.75 Å². The number of anilines is 2. The molecule has 2 N–H and O–H groups in total. The second kappa shape index (κ2) is 7.80. The van der Waals surface area contributed by atoms with Gasteiger partial charge in [0.05, 0.1) is 25.5 Å². The largest absolute Gasteiger partial charge is 0.497 e. The zero-order chi connectivity index (χ0) is 18.4. The van der Waals surface area contributed by atoms with Crippen LogP contribution in [0.1, 0.15) is 16.8 Å². The molecule has 0 heterocycles. The van der Waals surface area contributed by atoms with E-state index in [0.717, 1.165) is 6.26 Å². The van der Waals surface area contributed by atoms with Crippen LogP contribution < -0.4 is 14.8 Å². The smallest absolute Gasteiger partial charge is 0.232 e. The summed E-state index contributed by atoms with van der Waals surface area (Å²) in [6.07, 6.45) is 0.710. The molecule has 0 saturated heterocycles. The number of ether oxygens (including phenoxy) is 1. The normalized spacial score (nSPS) is 10.8. The first kappa shape index (κ1) is 18.5. The molecule has 1 amide bonds. The highest BCUT2D eigenvalue weighted by Crippen LogP contribution is 2.17. The Kier molecular flexibility index (Phi) is 5.76. The van der Waals surface area contributed by atoms with E-state index in [1.165, 1.54) is 13.2 Å². The van der Waals surface area contributed by atoms with Crippen LogP contribution in [-0.2, 0) is 14.8 Å². The first-order valence-corrected chi connectivity index (χ1v) is 9.21. The lowest BCUT2D eigenvalue weighted by atomic mass is 10.1. The Hall–Kier alpha value is -2.87. The summed E-state index contributed by atoms with van der Waals surface area (Å²) in [6.45, 7) is 0. The maximum atomic E-state index is 12.1. The number of hydrogen-bond donors (Lipinski definition) is 2. The Labute approximate surface area is 146 Å². The van der Waals surface area contributed by atoms with Gasteiger partial charge in [0.15, 0.2) is 5.78 Å². The maximum absolute atomic E-state index is 12.1. The molecule has 0 atom stereocenters. The summed E-state index contributed by atoms with van der Waals surface area (Å²) in [5.74, 6) is -0.195. The Morgan fingerprint density at radius 3 is 2.28 bits per heavy atom. The highest BCUT2D eigenvalue weighted by Gasteiger charge is 2.12. The SMILES string of the molecule is COc1ccc(C(=O)CC(=O)Nc2cccc(NS(C)(=O)=O)c2)cc1. The fourth-order valence-corrected chi connectivity index (χ4v) is 2.66. The van der Waals surface area contributed by atoms with Crippen LogP contribution in [-0.4, -0.2) is 33.5 Å². The molecule has 0 unspecified atom stereocenters. The second-order valence-corrected chi connectivity index (χ2v) is 7.08. The molecule has 25 heavy (non-hydrogen) atoms. The van der Waals surface area contributed by atoms with Gasteiger partial charge < -0.3 is 10.1 Å². The minimum atomic E-state index is -3.41. The molecule has 2 aromatic rings. The number of carbonyl (C=O) groups excluding carboxylic acids is 2. The van der Waals surface area contributed by atoms with Crippen molar-refractivity contribution >= 4 is 33.1 Å². The minimum Gasteiger partial charge on any atom is -0.497 e. The lowest BCUT2D eigenvalue weighted by molar-refractivity contribution is -0.115. The van der Waals surface area contributed by atoms with Crippen LogP contribution in [0, 0.1) is 0 Å². The highest BCUT2D eigenvalue weighted by atomic mass is 32.2. The van der Waals surface area contributed by atoms with E-state index in [1.807, 2.05) is 0 Å². The van der Waals surface area contributed by atoms with Crippen molar-refractivity contribution in [1.82, 2.24) is 0 Å². The van der Waals surface area contributed by atoms with E-state index in [0.29, 0.717) is 22.7 Å². The van der Waals surface area contributed by atoms with E-state index in [-0.39, 0.29) is 12.2 Å².